The van der Waals surface area contributed by atoms with E-state index in [0.717, 1.165) is 17.1 Å². The minimum atomic E-state index is -3.26. The van der Waals surface area contributed by atoms with Gasteiger partial charge in [-0.3, -0.25) is 4.79 Å². The van der Waals surface area contributed by atoms with Crippen molar-refractivity contribution in [2.24, 2.45) is 0 Å². The molecule has 30 heavy (non-hydrogen) atoms. The summed E-state index contributed by atoms with van der Waals surface area (Å²) in [7, 11) is -1.65. The van der Waals surface area contributed by atoms with Crippen LogP contribution in [-0.2, 0) is 38.2 Å². The number of imidazole rings is 1. The van der Waals surface area contributed by atoms with Gasteiger partial charge in [-0.15, -0.1) is 0 Å². The van der Waals surface area contributed by atoms with Gasteiger partial charge in [-0.25, -0.2) is 17.7 Å². The third kappa shape index (κ3) is 4.07. The van der Waals surface area contributed by atoms with Gasteiger partial charge in [0.05, 0.1) is 19.9 Å². The lowest BCUT2D eigenvalue weighted by Gasteiger charge is -2.44. The number of carbonyl (C=O) groups excluding carboxylic acids is 1. The average Bonchev–Trinajstić information content (AvgIpc) is 3.22. The number of benzene rings is 1. The molecule has 1 aromatic carbocycles. The summed E-state index contributed by atoms with van der Waals surface area (Å²) in [6.07, 6.45) is 4.99. The van der Waals surface area contributed by atoms with Gasteiger partial charge in [0.2, 0.25) is 10.0 Å². The summed E-state index contributed by atoms with van der Waals surface area (Å²) in [5.41, 5.74) is 0.199. The SMILES string of the molecule is COc1ccc(CNC(=O)C2Cn3ccnc3C3(CCN(S(C)(=O)=O)CC3)O2)cc1. The molecule has 4 rings (SSSR count). The van der Waals surface area contributed by atoms with Gasteiger partial charge in [0, 0.05) is 32.0 Å². The topological polar surface area (TPSA) is 103 Å². The van der Waals surface area contributed by atoms with Crippen LogP contribution in [0.5, 0.6) is 5.75 Å². The molecule has 162 valence electrons. The Bertz CT molecular complexity index is 1010. The van der Waals surface area contributed by atoms with Crippen molar-refractivity contribution in [2.45, 2.75) is 37.6 Å². The molecule has 0 radical (unpaired) electrons. The third-order valence-electron chi connectivity index (χ3n) is 5.77. The zero-order valence-corrected chi connectivity index (χ0v) is 17.9. The molecule has 1 amide bonds. The Labute approximate surface area is 176 Å². The molecular formula is C20H26N4O5S. The maximum Gasteiger partial charge on any atom is 0.251 e. The summed E-state index contributed by atoms with van der Waals surface area (Å²) in [5, 5.41) is 2.94. The molecule has 2 aliphatic heterocycles. The van der Waals surface area contributed by atoms with Crippen LogP contribution in [0.4, 0.5) is 0 Å². The van der Waals surface area contributed by atoms with Crippen LogP contribution < -0.4 is 10.1 Å². The highest BCUT2D eigenvalue weighted by atomic mass is 32.2. The van der Waals surface area contributed by atoms with E-state index in [1.807, 2.05) is 35.0 Å². The zero-order valence-electron chi connectivity index (χ0n) is 17.1. The molecule has 0 saturated carbocycles. The lowest BCUT2D eigenvalue weighted by atomic mass is 9.89. The van der Waals surface area contributed by atoms with Gasteiger partial charge in [0.25, 0.3) is 5.91 Å². The molecule has 1 fully saturated rings. The first kappa shape index (κ1) is 20.8. The highest BCUT2D eigenvalue weighted by Crippen LogP contribution is 2.40. The maximum atomic E-state index is 12.9. The van der Waals surface area contributed by atoms with Crippen molar-refractivity contribution >= 4 is 15.9 Å². The van der Waals surface area contributed by atoms with Crippen molar-refractivity contribution in [3.63, 3.8) is 0 Å². The number of amides is 1. The van der Waals surface area contributed by atoms with Crippen molar-refractivity contribution in [3.8, 4) is 5.75 Å². The number of hydrogen-bond acceptors (Lipinski definition) is 6. The number of fused-ring (bicyclic) bond motifs is 2. The molecule has 1 aromatic heterocycles. The van der Waals surface area contributed by atoms with Gasteiger partial charge in [0.15, 0.2) is 6.10 Å². The maximum absolute atomic E-state index is 12.9. The molecule has 0 aliphatic carbocycles. The lowest BCUT2D eigenvalue weighted by molar-refractivity contribution is -0.171. The van der Waals surface area contributed by atoms with Gasteiger partial charge >= 0.3 is 0 Å². The number of carbonyl (C=O) groups is 1. The number of aromatic nitrogens is 2. The summed E-state index contributed by atoms with van der Waals surface area (Å²) in [4.78, 5) is 17.3. The van der Waals surface area contributed by atoms with E-state index in [1.165, 1.54) is 10.6 Å². The Morgan fingerprint density at radius 3 is 2.63 bits per heavy atom. The normalized spacial score (nSPS) is 21.2. The van der Waals surface area contributed by atoms with Crippen LogP contribution in [0.15, 0.2) is 36.7 Å². The van der Waals surface area contributed by atoms with Crippen LogP contribution in [0.1, 0.15) is 24.2 Å². The summed E-state index contributed by atoms with van der Waals surface area (Å²) in [5.74, 6) is 1.32. The first-order valence-corrected chi connectivity index (χ1v) is 11.7. The Morgan fingerprint density at radius 1 is 1.30 bits per heavy atom. The van der Waals surface area contributed by atoms with Crippen molar-refractivity contribution < 1.29 is 22.7 Å². The van der Waals surface area contributed by atoms with Gasteiger partial charge in [-0.2, -0.15) is 0 Å². The highest BCUT2D eigenvalue weighted by molar-refractivity contribution is 7.88. The van der Waals surface area contributed by atoms with E-state index < -0.39 is 21.7 Å². The molecule has 1 saturated heterocycles. The van der Waals surface area contributed by atoms with Gasteiger partial charge in [-0.05, 0) is 30.5 Å². The zero-order chi connectivity index (χ0) is 21.4. The molecule has 10 heteroatoms. The second-order valence-corrected chi connectivity index (χ2v) is 9.71. The smallest absolute Gasteiger partial charge is 0.251 e. The van der Waals surface area contributed by atoms with Crippen LogP contribution in [0.25, 0.3) is 0 Å². The fourth-order valence-electron chi connectivity index (χ4n) is 4.10. The number of nitrogens with one attached hydrogen (secondary N) is 1. The lowest BCUT2D eigenvalue weighted by Crippen LogP contribution is -2.54. The molecule has 1 unspecified atom stereocenters. The number of ether oxygens (including phenoxy) is 2. The van der Waals surface area contributed by atoms with Crippen LogP contribution in [0, 0.1) is 0 Å². The summed E-state index contributed by atoms with van der Waals surface area (Å²) < 4.78 is 38.6. The first-order chi connectivity index (χ1) is 14.3. The van der Waals surface area contributed by atoms with E-state index in [2.05, 4.69) is 10.3 Å². The van der Waals surface area contributed by atoms with E-state index in [-0.39, 0.29) is 5.91 Å². The standard InChI is InChI=1S/C20H26N4O5S/c1-28-16-5-3-15(4-6-16)13-22-18(25)17-14-23-12-9-21-19(23)20(29-17)7-10-24(11-8-20)30(2,26)27/h3-6,9,12,17H,7-8,10-11,13-14H2,1-2H3,(H,22,25). The minimum absolute atomic E-state index is 0.199. The third-order valence-corrected chi connectivity index (χ3v) is 7.07. The van der Waals surface area contributed by atoms with Crippen LogP contribution in [0.2, 0.25) is 0 Å². The second-order valence-electron chi connectivity index (χ2n) is 7.73. The Morgan fingerprint density at radius 2 is 2.00 bits per heavy atom. The number of sulfonamides is 1. The van der Waals surface area contributed by atoms with E-state index in [4.69, 9.17) is 9.47 Å². The fraction of sp³-hybridized carbons (Fsp3) is 0.500. The van der Waals surface area contributed by atoms with Crippen LogP contribution >= 0.6 is 0 Å². The summed E-state index contributed by atoms with van der Waals surface area (Å²) >= 11 is 0. The van der Waals surface area contributed by atoms with Gasteiger partial charge in [0.1, 0.15) is 17.2 Å². The molecule has 1 atom stereocenters. The molecule has 2 aliphatic rings. The summed E-state index contributed by atoms with van der Waals surface area (Å²) in [6.45, 7) is 1.44. The number of hydrogen-bond donors (Lipinski definition) is 1. The molecule has 9 nitrogen and oxygen atoms in total. The van der Waals surface area contributed by atoms with E-state index in [0.29, 0.717) is 39.0 Å². The number of nitrogens with zero attached hydrogens (tertiary/aromatic N) is 3. The highest BCUT2D eigenvalue weighted by Gasteiger charge is 2.48. The van der Waals surface area contributed by atoms with Crippen molar-refractivity contribution in [3.05, 3.63) is 48.0 Å². The van der Waals surface area contributed by atoms with Gasteiger partial charge < -0.3 is 19.4 Å². The van der Waals surface area contributed by atoms with E-state index in [9.17, 15) is 13.2 Å². The van der Waals surface area contributed by atoms with Crippen LogP contribution in [0.3, 0.4) is 0 Å². The van der Waals surface area contributed by atoms with Gasteiger partial charge in [-0.1, -0.05) is 12.1 Å². The number of methoxy groups -OCH3 is 1. The number of rotatable bonds is 5. The largest absolute Gasteiger partial charge is 0.497 e. The molecule has 0 bridgehead atoms. The fourth-order valence-corrected chi connectivity index (χ4v) is 4.95. The van der Waals surface area contributed by atoms with E-state index >= 15 is 0 Å². The molecule has 2 aromatic rings. The van der Waals surface area contributed by atoms with Crippen molar-refractivity contribution in [2.75, 3.05) is 26.5 Å². The van der Waals surface area contributed by atoms with Crippen molar-refractivity contribution in [1.82, 2.24) is 19.2 Å². The molecular weight excluding hydrogens is 408 g/mol. The summed E-state index contributed by atoms with van der Waals surface area (Å²) in [6, 6.07) is 7.50. The Hall–Kier alpha value is -2.43. The minimum Gasteiger partial charge on any atom is -0.497 e. The quantitative estimate of drug-likeness (QED) is 0.749. The predicted molar refractivity (Wildman–Crippen MR) is 109 cm³/mol. The first-order valence-electron chi connectivity index (χ1n) is 9.86. The second kappa shape index (κ2) is 8.01. The van der Waals surface area contributed by atoms with Crippen LogP contribution in [-0.4, -0.2) is 60.7 Å². The monoisotopic (exact) mass is 434 g/mol. The van der Waals surface area contributed by atoms with Crippen molar-refractivity contribution in [1.29, 1.82) is 0 Å². The molecule has 1 spiro atoms. The number of piperidine rings is 1. The Balaban J connectivity index is 1.46. The predicted octanol–water partition coefficient (Wildman–Crippen LogP) is 0.858. The van der Waals surface area contributed by atoms with E-state index in [1.54, 1.807) is 13.3 Å². The average molecular weight is 435 g/mol. The molecule has 1 N–H and O–H groups in total. The Kier molecular flexibility index (Phi) is 5.56. The molecule has 3 heterocycles.